The van der Waals surface area contributed by atoms with Crippen LogP contribution in [0.4, 0.5) is 5.13 Å². The number of β-lactam (4-membered cyclic amide) rings is 1. The standard InChI is InChI=1S/C17H21N3O5S2/c1-7-12-11(8(2)22)15(23)20(12)13(16(24)25)14(7)27-10-3-19(4-10)17-18-9(5-21)6-26-17/h6-8,10-12,21-22H,3-5H2,1-2H3,(H,24,25)/t7-,8?,11?,12?/m1/s1. The molecule has 3 aliphatic rings. The van der Waals surface area contributed by atoms with Crippen LogP contribution < -0.4 is 4.90 Å². The highest BCUT2D eigenvalue weighted by Crippen LogP contribution is 2.52. The molecule has 4 rings (SSSR count). The van der Waals surface area contributed by atoms with Crippen LogP contribution in [0.3, 0.4) is 0 Å². The van der Waals surface area contributed by atoms with Crippen LogP contribution >= 0.6 is 23.1 Å². The van der Waals surface area contributed by atoms with Crippen molar-refractivity contribution in [2.45, 2.75) is 37.9 Å². The van der Waals surface area contributed by atoms with Gasteiger partial charge in [0.15, 0.2) is 5.13 Å². The van der Waals surface area contributed by atoms with E-state index in [9.17, 15) is 19.8 Å². The summed E-state index contributed by atoms with van der Waals surface area (Å²) in [5, 5.41) is 31.6. The Morgan fingerprint density at radius 3 is 2.74 bits per heavy atom. The maximum absolute atomic E-state index is 12.4. The lowest BCUT2D eigenvalue weighted by Crippen LogP contribution is -2.63. The molecule has 1 amide bonds. The van der Waals surface area contributed by atoms with Gasteiger partial charge in [-0.25, -0.2) is 9.78 Å². The Morgan fingerprint density at radius 2 is 2.19 bits per heavy atom. The Bertz CT molecular complexity index is 817. The van der Waals surface area contributed by atoms with Gasteiger partial charge in [-0.3, -0.25) is 4.79 Å². The van der Waals surface area contributed by atoms with Crippen molar-refractivity contribution in [1.29, 1.82) is 0 Å². The molecule has 3 aliphatic heterocycles. The van der Waals surface area contributed by atoms with Gasteiger partial charge in [-0.2, -0.15) is 0 Å². The van der Waals surface area contributed by atoms with E-state index in [-0.39, 0.29) is 35.4 Å². The number of carbonyl (C=O) groups excluding carboxylic acids is 1. The fraction of sp³-hybridized carbons (Fsp3) is 0.588. The molecule has 2 saturated heterocycles. The number of carboxylic acid groups (broad SMARTS) is 1. The maximum atomic E-state index is 12.4. The number of anilines is 1. The Balaban J connectivity index is 1.47. The summed E-state index contributed by atoms with van der Waals surface area (Å²) >= 11 is 3.00. The monoisotopic (exact) mass is 411 g/mol. The van der Waals surface area contributed by atoms with E-state index in [4.69, 9.17) is 5.11 Å². The van der Waals surface area contributed by atoms with Gasteiger partial charge in [-0.1, -0.05) is 6.92 Å². The largest absolute Gasteiger partial charge is 0.477 e. The Labute approximate surface area is 164 Å². The summed E-state index contributed by atoms with van der Waals surface area (Å²) in [5.74, 6) is -2.02. The number of fused-ring (bicyclic) bond motifs is 1. The lowest BCUT2D eigenvalue weighted by molar-refractivity contribution is -0.163. The number of carbonyl (C=O) groups is 2. The van der Waals surface area contributed by atoms with Gasteiger partial charge in [0.05, 0.1) is 30.4 Å². The fourth-order valence-corrected chi connectivity index (χ4v) is 6.40. The molecule has 0 saturated carbocycles. The first-order valence-electron chi connectivity index (χ1n) is 8.79. The average molecular weight is 412 g/mol. The number of rotatable bonds is 6. The number of nitrogens with zero attached hydrogens (tertiary/aromatic N) is 3. The highest BCUT2D eigenvalue weighted by atomic mass is 32.2. The Kier molecular flexibility index (Phi) is 4.69. The van der Waals surface area contributed by atoms with Crippen molar-refractivity contribution in [3.63, 3.8) is 0 Å². The summed E-state index contributed by atoms with van der Waals surface area (Å²) in [4.78, 5) is 32.7. The maximum Gasteiger partial charge on any atom is 0.353 e. The first-order chi connectivity index (χ1) is 12.8. The fourth-order valence-electron chi connectivity index (χ4n) is 4.04. The van der Waals surface area contributed by atoms with E-state index in [2.05, 4.69) is 9.88 Å². The molecule has 3 unspecified atom stereocenters. The van der Waals surface area contributed by atoms with Crippen molar-refractivity contribution in [3.05, 3.63) is 21.7 Å². The summed E-state index contributed by atoms with van der Waals surface area (Å²) in [5.41, 5.74) is 0.730. The third-order valence-corrected chi connectivity index (χ3v) is 7.83. The number of hydrogen-bond donors (Lipinski definition) is 3. The van der Waals surface area contributed by atoms with Crippen molar-refractivity contribution >= 4 is 40.1 Å². The normalized spacial score (nSPS) is 28.9. The van der Waals surface area contributed by atoms with Crippen LogP contribution in [0.2, 0.25) is 0 Å². The Hall–Kier alpha value is -1.62. The van der Waals surface area contributed by atoms with Crippen LogP contribution in [0.15, 0.2) is 16.0 Å². The van der Waals surface area contributed by atoms with Gasteiger partial charge >= 0.3 is 5.97 Å². The molecular weight excluding hydrogens is 390 g/mol. The van der Waals surface area contributed by atoms with Crippen molar-refractivity contribution < 1.29 is 24.9 Å². The van der Waals surface area contributed by atoms with Gasteiger partial charge in [0.25, 0.3) is 0 Å². The SMILES string of the molecule is CC(O)C1C(=O)N2C(C(=O)O)=C(SC3CN(c4nc(CO)cs4)C3)[C@H](C)C12. The highest BCUT2D eigenvalue weighted by Gasteiger charge is 2.60. The average Bonchev–Trinajstić information content (AvgIpc) is 3.12. The van der Waals surface area contributed by atoms with Crippen LogP contribution in [-0.2, 0) is 16.2 Å². The minimum atomic E-state index is -1.09. The zero-order valence-electron chi connectivity index (χ0n) is 14.9. The number of aliphatic hydroxyl groups is 2. The summed E-state index contributed by atoms with van der Waals surface area (Å²) in [6.45, 7) is 4.92. The molecule has 0 aliphatic carbocycles. The molecule has 1 aromatic rings. The second kappa shape index (κ2) is 6.77. The molecule has 3 N–H and O–H groups in total. The van der Waals surface area contributed by atoms with Crippen LogP contribution in [0.25, 0.3) is 0 Å². The third kappa shape index (κ3) is 2.86. The van der Waals surface area contributed by atoms with Gasteiger partial charge in [-0.15, -0.1) is 23.1 Å². The van der Waals surface area contributed by atoms with E-state index in [0.717, 1.165) is 23.1 Å². The first kappa shape index (κ1) is 18.7. The van der Waals surface area contributed by atoms with Crippen LogP contribution in [-0.4, -0.2) is 67.6 Å². The first-order valence-corrected chi connectivity index (χ1v) is 10.5. The van der Waals surface area contributed by atoms with Crippen LogP contribution in [0.5, 0.6) is 0 Å². The minimum absolute atomic E-state index is 0.0784. The lowest BCUT2D eigenvalue weighted by atomic mass is 9.79. The number of aliphatic hydroxyl groups excluding tert-OH is 2. The van der Waals surface area contributed by atoms with Crippen molar-refractivity contribution in [3.8, 4) is 0 Å². The molecule has 8 nitrogen and oxygen atoms in total. The van der Waals surface area contributed by atoms with Crippen molar-refractivity contribution in [2.24, 2.45) is 11.8 Å². The van der Waals surface area contributed by atoms with E-state index in [1.165, 1.54) is 28.0 Å². The molecule has 0 bridgehead atoms. The summed E-state index contributed by atoms with van der Waals surface area (Å²) in [6.07, 6.45) is -0.787. The second-order valence-electron chi connectivity index (χ2n) is 7.20. The zero-order valence-corrected chi connectivity index (χ0v) is 16.5. The molecule has 146 valence electrons. The summed E-state index contributed by atoms with van der Waals surface area (Å²) in [6, 6.07) is -0.270. The highest BCUT2D eigenvalue weighted by molar-refractivity contribution is 8.03. The molecular formula is C17H21N3O5S2. The van der Waals surface area contributed by atoms with E-state index < -0.39 is 18.0 Å². The number of aliphatic carboxylic acids is 1. The molecule has 0 radical (unpaired) electrons. The topological polar surface area (TPSA) is 114 Å². The van der Waals surface area contributed by atoms with Gasteiger partial charge in [0.1, 0.15) is 5.70 Å². The molecule has 10 heteroatoms. The number of thioether (sulfide) groups is 1. The van der Waals surface area contributed by atoms with Crippen molar-refractivity contribution in [2.75, 3.05) is 18.0 Å². The molecule has 0 spiro atoms. The predicted molar refractivity (Wildman–Crippen MR) is 101 cm³/mol. The van der Waals surface area contributed by atoms with E-state index in [1.54, 1.807) is 6.92 Å². The summed E-state index contributed by atoms with van der Waals surface area (Å²) in [7, 11) is 0. The van der Waals surface area contributed by atoms with E-state index in [0.29, 0.717) is 5.69 Å². The zero-order chi connectivity index (χ0) is 19.5. The van der Waals surface area contributed by atoms with Gasteiger partial charge in [-0.05, 0) is 6.92 Å². The molecule has 2 fully saturated rings. The molecule has 1 aromatic heterocycles. The second-order valence-corrected chi connectivity index (χ2v) is 9.38. The molecule has 27 heavy (non-hydrogen) atoms. The molecule has 4 atom stereocenters. The number of hydrogen-bond acceptors (Lipinski definition) is 8. The van der Waals surface area contributed by atoms with Gasteiger partial charge in [0.2, 0.25) is 5.91 Å². The number of thiazole rings is 1. The van der Waals surface area contributed by atoms with Crippen LogP contribution in [0.1, 0.15) is 19.5 Å². The van der Waals surface area contributed by atoms with Gasteiger partial charge in [0, 0.05) is 34.5 Å². The van der Waals surface area contributed by atoms with Gasteiger partial charge < -0.3 is 25.1 Å². The Morgan fingerprint density at radius 1 is 1.48 bits per heavy atom. The van der Waals surface area contributed by atoms with Crippen LogP contribution in [0, 0.1) is 11.8 Å². The smallest absolute Gasteiger partial charge is 0.353 e. The third-order valence-electron chi connectivity index (χ3n) is 5.42. The number of aromatic nitrogens is 1. The van der Waals surface area contributed by atoms with E-state index in [1.807, 2.05) is 12.3 Å². The van der Waals surface area contributed by atoms with E-state index >= 15 is 0 Å². The van der Waals surface area contributed by atoms with Crippen molar-refractivity contribution in [1.82, 2.24) is 9.88 Å². The summed E-state index contributed by atoms with van der Waals surface area (Å²) < 4.78 is 0. The minimum Gasteiger partial charge on any atom is -0.477 e. The lowest BCUT2D eigenvalue weighted by Gasteiger charge is -2.46. The molecule has 4 heterocycles. The number of amides is 1. The predicted octanol–water partition coefficient (Wildman–Crippen LogP) is 0.711. The number of carboxylic acids is 1. The quantitative estimate of drug-likeness (QED) is 0.587. The molecule has 0 aromatic carbocycles.